The number of nitrogens with zero attached hydrogens (tertiary/aromatic N) is 1. The van der Waals surface area contributed by atoms with Crippen LogP contribution in [0, 0.1) is 11.8 Å². The van der Waals surface area contributed by atoms with Gasteiger partial charge in [-0.25, -0.2) is 4.99 Å². The van der Waals surface area contributed by atoms with E-state index in [0.29, 0.717) is 6.04 Å². The zero-order valence-electron chi connectivity index (χ0n) is 10.7. The number of fused-ring (bicyclic) bond motifs is 1. The highest BCUT2D eigenvalue weighted by Crippen LogP contribution is 2.37. The zero-order chi connectivity index (χ0) is 12.5. The maximum atomic E-state index is 11.3. The molecule has 0 saturated heterocycles. The number of rotatable bonds is 2. The molecule has 0 radical (unpaired) electrons. The van der Waals surface area contributed by atoms with Crippen molar-refractivity contribution in [3.63, 3.8) is 0 Å². The Bertz CT molecular complexity index is 366. The van der Waals surface area contributed by atoms with E-state index >= 15 is 0 Å². The second kappa shape index (κ2) is 4.90. The quantitative estimate of drug-likeness (QED) is 0.820. The van der Waals surface area contributed by atoms with Gasteiger partial charge in [-0.05, 0) is 32.1 Å². The van der Waals surface area contributed by atoms with E-state index < -0.39 is 5.97 Å². The lowest BCUT2D eigenvalue weighted by Crippen LogP contribution is -2.34. The van der Waals surface area contributed by atoms with Crippen LogP contribution >= 0.6 is 0 Å². The molecule has 2 aliphatic carbocycles. The predicted octanol–water partition coefficient (Wildman–Crippen LogP) is 2.62. The van der Waals surface area contributed by atoms with Crippen LogP contribution in [0.15, 0.2) is 4.99 Å². The number of hydrogen-bond acceptors (Lipinski definition) is 3. The van der Waals surface area contributed by atoms with Gasteiger partial charge in [-0.3, -0.25) is 4.79 Å². The summed E-state index contributed by atoms with van der Waals surface area (Å²) >= 11 is 0. The molecule has 0 aromatic rings. The number of ether oxygens (including phenoxy) is 1. The summed E-state index contributed by atoms with van der Waals surface area (Å²) in [7, 11) is 0. The maximum Gasteiger partial charge on any atom is 0.307 e. The predicted molar refractivity (Wildman–Crippen MR) is 67.6 cm³/mol. The van der Waals surface area contributed by atoms with E-state index in [1.807, 2.05) is 0 Å². The van der Waals surface area contributed by atoms with Gasteiger partial charge in [0.15, 0.2) is 5.90 Å². The van der Waals surface area contributed by atoms with Crippen LogP contribution in [0.2, 0.25) is 0 Å². The number of carbonyl (C=O) groups is 1. The van der Waals surface area contributed by atoms with Crippen LogP contribution in [0.3, 0.4) is 0 Å². The van der Waals surface area contributed by atoms with E-state index in [1.165, 1.54) is 12.8 Å². The van der Waals surface area contributed by atoms with Gasteiger partial charge in [0.2, 0.25) is 0 Å². The first-order valence-corrected chi connectivity index (χ1v) is 7.23. The number of carboxylic acid groups (broad SMARTS) is 1. The topological polar surface area (TPSA) is 58.9 Å². The minimum Gasteiger partial charge on any atom is -0.481 e. The Balaban J connectivity index is 1.75. The zero-order valence-corrected chi connectivity index (χ0v) is 10.7. The highest BCUT2D eigenvalue weighted by Gasteiger charge is 2.41. The van der Waals surface area contributed by atoms with Crippen molar-refractivity contribution in [2.45, 2.75) is 63.5 Å². The standard InChI is InChI=1S/C14H21NO3/c16-14(17)10-6-2-1-5-9(10)13-15-11-7-3-4-8-12(11)18-13/h9-12H,1-8H2,(H,16,17). The van der Waals surface area contributed by atoms with Gasteiger partial charge in [0, 0.05) is 5.92 Å². The molecule has 0 amide bonds. The first kappa shape index (κ1) is 12.0. The van der Waals surface area contributed by atoms with Crippen LogP contribution < -0.4 is 0 Å². The molecule has 2 saturated carbocycles. The summed E-state index contributed by atoms with van der Waals surface area (Å²) < 4.78 is 5.97. The molecule has 1 heterocycles. The first-order chi connectivity index (χ1) is 8.75. The van der Waals surface area contributed by atoms with E-state index in [9.17, 15) is 9.90 Å². The van der Waals surface area contributed by atoms with Crippen molar-refractivity contribution in [2.75, 3.05) is 0 Å². The van der Waals surface area contributed by atoms with Crippen molar-refractivity contribution in [3.8, 4) is 0 Å². The van der Waals surface area contributed by atoms with Gasteiger partial charge in [0.1, 0.15) is 6.10 Å². The number of carboxylic acids is 1. The first-order valence-electron chi connectivity index (χ1n) is 7.23. The molecule has 3 aliphatic rings. The second-order valence-electron chi connectivity index (χ2n) is 5.81. The Morgan fingerprint density at radius 2 is 1.83 bits per heavy atom. The SMILES string of the molecule is O=C(O)C1CCCCC1C1=NC2CCCCC2O1. The van der Waals surface area contributed by atoms with Crippen molar-refractivity contribution in [1.29, 1.82) is 0 Å². The molecule has 100 valence electrons. The molecule has 2 fully saturated rings. The van der Waals surface area contributed by atoms with E-state index in [0.717, 1.165) is 44.4 Å². The van der Waals surface area contributed by atoms with Gasteiger partial charge in [0.25, 0.3) is 0 Å². The van der Waals surface area contributed by atoms with Crippen LogP contribution in [0.5, 0.6) is 0 Å². The lowest BCUT2D eigenvalue weighted by atomic mass is 9.79. The molecule has 0 bridgehead atoms. The summed E-state index contributed by atoms with van der Waals surface area (Å²) in [5, 5.41) is 9.32. The third-order valence-electron chi connectivity index (χ3n) is 4.63. The molecule has 4 nitrogen and oxygen atoms in total. The second-order valence-corrected chi connectivity index (χ2v) is 5.81. The molecule has 18 heavy (non-hydrogen) atoms. The fourth-order valence-corrected chi connectivity index (χ4v) is 3.62. The van der Waals surface area contributed by atoms with Crippen molar-refractivity contribution in [3.05, 3.63) is 0 Å². The molecule has 4 atom stereocenters. The van der Waals surface area contributed by atoms with Crippen LogP contribution in [-0.4, -0.2) is 29.1 Å². The average molecular weight is 251 g/mol. The van der Waals surface area contributed by atoms with E-state index in [-0.39, 0.29) is 17.9 Å². The molecule has 1 aliphatic heterocycles. The third kappa shape index (κ3) is 2.13. The van der Waals surface area contributed by atoms with E-state index in [4.69, 9.17) is 9.73 Å². The molecule has 0 spiro atoms. The third-order valence-corrected chi connectivity index (χ3v) is 4.63. The summed E-state index contributed by atoms with van der Waals surface area (Å²) in [5.41, 5.74) is 0. The van der Waals surface area contributed by atoms with Gasteiger partial charge >= 0.3 is 5.97 Å². The Morgan fingerprint density at radius 3 is 2.61 bits per heavy atom. The lowest BCUT2D eigenvalue weighted by molar-refractivity contribution is -0.144. The van der Waals surface area contributed by atoms with Crippen LogP contribution in [0.1, 0.15) is 51.4 Å². The Hall–Kier alpha value is -1.06. The van der Waals surface area contributed by atoms with Crippen LogP contribution in [0.4, 0.5) is 0 Å². The monoisotopic (exact) mass is 251 g/mol. The molecule has 3 rings (SSSR count). The van der Waals surface area contributed by atoms with Crippen LogP contribution in [0.25, 0.3) is 0 Å². The average Bonchev–Trinajstić information content (AvgIpc) is 2.82. The molecule has 1 N–H and O–H groups in total. The smallest absolute Gasteiger partial charge is 0.307 e. The molecular weight excluding hydrogens is 230 g/mol. The van der Waals surface area contributed by atoms with Crippen molar-refractivity contribution < 1.29 is 14.6 Å². The highest BCUT2D eigenvalue weighted by atomic mass is 16.5. The number of aliphatic carboxylic acids is 1. The number of hydrogen-bond donors (Lipinski definition) is 1. The van der Waals surface area contributed by atoms with Gasteiger partial charge in [-0.15, -0.1) is 0 Å². The summed E-state index contributed by atoms with van der Waals surface area (Å²) in [5.74, 6) is -0.167. The summed E-state index contributed by atoms with van der Waals surface area (Å²) in [6.45, 7) is 0. The maximum absolute atomic E-state index is 11.3. The van der Waals surface area contributed by atoms with E-state index in [2.05, 4.69) is 0 Å². The molecule has 0 aromatic carbocycles. The molecule has 0 aromatic heterocycles. The number of aliphatic imine (C=N–C) groups is 1. The van der Waals surface area contributed by atoms with E-state index in [1.54, 1.807) is 0 Å². The fourth-order valence-electron chi connectivity index (χ4n) is 3.62. The lowest BCUT2D eigenvalue weighted by Gasteiger charge is -2.28. The van der Waals surface area contributed by atoms with Crippen molar-refractivity contribution >= 4 is 11.9 Å². The molecule has 4 unspecified atom stereocenters. The summed E-state index contributed by atoms with van der Waals surface area (Å²) in [6.07, 6.45) is 8.71. The van der Waals surface area contributed by atoms with Crippen molar-refractivity contribution in [2.24, 2.45) is 16.8 Å². The Kier molecular flexibility index (Phi) is 3.27. The van der Waals surface area contributed by atoms with Crippen molar-refractivity contribution in [1.82, 2.24) is 0 Å². The largest absolute Gasteiger partial charge is 0.481 e. The van der Waals surface area contributed by atoms with Gasteiger partial charge in [0.05, 0.1) is 12.0 Å². The highest BCUT2D eigenvalue weighted by molar-refractivity contribution is 5.86. The van der Waals surface area contributed by atoms with Gasteiger partial charge < -0.3 is 9.84 Å². The van der Waals surface area contributed by atoms with Gasteiger partial charge in [-0.2, -0.15) is 0 Å². The summed E-state index contributed by atoms with van der Waals surface area (Å²) in [6, 6.07) is 0.310. The minimum atomic E-state index is -0.680. The Morgan fingerprint density at radius 1 is 1.11 bits per heavy atom. The fraction of sp³-hybridized carbons (Fsp3) is 0.857. The van der Waals surface area contributed by atoms with Crippen LogP contribution in [-0.2, 0) is 9.53 Å². The van der Waals surface area contributed by atoms with Gasteiger partial charge in [-0.1, -0.05) is 19.3 Å². The normalized spacial score (nSPS) is 39.7. The minimum absolute atomic E-state index is 0.0295. The molecule has 4 heteroatoms. The summed E-state index contributed by atoms with van der Waals surface area (Å²) in [4.78, 5) is 16.0. The molecular formula is C14H21NO3. The Labute approximate surface area is 107 Å².